The summed E-state index contributed by atoms with van der Waals surface area (Å²) < 4.78 is 1.25. The fourth-order valence-corrected chi connectivity index (χ4v) is 9.70. The second-order valence-corrected chi connectivity index (χ2v) is 15.2. The maximum atomic E-state index is 5.41. The van der Waals surface area contributed by atoms with Crippen LogP contribution < -0.4 is 0 Å². The first-order valence-corrected chi connectivity index (χ1v) is 19.3. The molecule has 12 rings (SSSR count). The SMILES string of the molecule is c1ccc(-c2nc(-c3ccc(-c4nc5sc6ccccc6c5c5ccccc45)c4ccccc34)nc(-c3ccc4ccc5cccc6ccc3c4c56)n2)cc1. The van der Waals surface area contributed by atoms with Gasteiger partial charge in [-0.25, -0.2) is 19.9 Å². The summed E-state index contributed by atoms with van der Waals surface area (Å²) in [5.74, 6) is 1.93. The molecule has 12 aromatic rings. The molecule has 3 heterocycles. The van der Waals surface area contributed by atoms with E-state index in [0.29, 0.717) is 17.5 Å². The van der Waals surface area contributed by atoms with Gasteiger partial charge in [-0.1, -0.05) is 152 Å². The summed E-state index contributed by atoms with van der Waals surface area (Å²) in [6.45, 7) is 0. The molecule has 0 fully saturated rings. The van der Waals surface area contributed by atoms with Gasteiger partial charge in [0.15, 0.2) is 17.5 Å². The molecule has 0 aliphatic heterocycles. The second-order valence-electron chi connectivity index (χ2n) is 14.1. The Bertz CT molecular complexity index is 3480. The molecular weight excluding hydrogens is 689 g/mol. The van der Waals surface area contributed by atoms with E-state index in [2.05, 4.69) is 152 Å². The van der Waals surface area contributed by atoms with Gasteiger partial charge in [-0.05, 0) is 66.7 Å². The van der Waals surface area contributed by atoms with E-state index < -0.39 is 0 Å². The average molecular weight is 717 g/mol. The zero-order valence-electron chi connectivity index (χ0n) is 29.4. The summed E-state index contributed by atoms with van der Waals surface area (Å²) in [7, 11) is 0. The number of pyridine rings is 1. The minimum absolute atomic E-state index is 0.634. The molecule has 0 bridgehead atoms. The van der Waals surface area contributed by atoms with Gasteiger partial charge in [0.05, 0.1) is 5.69 Å². The van der Waals surface area contributed by atoms with Crippen LogP contribution in [0.25, 0.3) is 120 Å². The Morgan fingerprint density at radius 2 is 0.855 bits per heavy atom. The maximum absolute atomic E-state index is 5.41. The molecule has 0 saturated carbocycles. The van der Waals surface area contributed by atoms with Crippen LogP contribution >= 0.6 is 11.3 Å². The highest BCUT2D eigenvalue weighted by atomic mass is 32.1. The zero-order valence-corrected chi connectivity index (χ0v) is 30.2. The fourth-order valence-electron chi connectivity index (χ4n) is 8.61. The molecule has 55 heavy (non-hydrogen) atoms. The second kappa shape index (κ2) is 11.7. The smallest absolute Gasteiger partial charge is 0.164 e. The van der Waals surface area contributed by atoms with Gasteiger partial charge in [0.1, 0.15) is 4.83 Å². The van der Waals surface area contributed by atoms with Crippen molar-refractivity contribution < 1.29 is 0 Å². The Kier molecular flexibility index (Phi) is 6.47. The molecule has 0 radical (unpaired) electrons. The first kappa shape index (κ1) is 30.4. The highest BCUT2D eigenvalue weighted by Gasteiger charge is 2.21. The number of aromatic nitrogens is 4. The third-order valence-electron chi connectivity index (χ3n) is 11.1. The Hall–Kier alpha value is -7.08. The van der Waals surface area contributed by atoms with E-state index in [9.17, 15) is 0 Å². The summed E-state index contributed by atoms with van der Waals surface area (Å²) >= 11 is 1.75. The largest absolute Gasteiger partial charge is 0.236 e. The normalized spacial score (nSPS) is 12.0. The van der Waals surface area contributed by atoms with Gasteiger partial charge in [-0.3, -0.25) is 0 Å². The quantitative estimate of drug-likeness (QED) is 0.170. The van der Waals surface area contributed by atoms with Crippen molar-refractivity contribution in [1.82, 2.24) is 19.9 Å². The van der Waals surface area contributed by atoms with Crippen molar-refractivity contribution in [2.24, 2.45) is 0 Å². The van der Waals surface area contributed by atoms with Crippen molar-refractivity contribution in [3.63, 3.8) is 0 Å². The summed E-state index contributed by atoms with van der Waals surface area (Å²) in [4.78, 5) is 22.1. The number of thiophene rings is 1. The molecular formula is C50H28N4S. The molecule has 0 atom stereocenters. The number of rotatable bonds is 4. The van der Waals surface area contributed by atoms with Crippen LogP contribution in [0.2, 0.25) is 0 Å². The number of benzene rings is 9. The van der Waals surface area contributed by atoms with Crippen molar-refractivity contribution in [2.45, 2.75) is 0 Å². The van der Waals surface area contributed by atoms with Crippen molar-refractivity contribution in [2.75, 3.05) is 0 Å². The molecule has 3 aromatic heterocycles. The topological polar surface area (TPSA) is 51.6 Å². The minimum Gasteiger partial charge on any atom is -0.236 e. The highest BCUT2D eigenvalue weighted by Crippen LogP contribution is 2.44. The van der Waals surface area contributed by atoms with E-state index in [1.54, 1.807) is 11.3 Å². The molecule has 0 aliphatic rings. The van der Waals surface area contributed by atoms with Gasteiger partial charge in [0, 0.05) is 43.1 Å². The lowest BCUT2D eigenvalue weighted by molar-refractivity contribution is 1.08. The van der Waals surface area contributed by atoms with E-state index in [4.69, 9.17) is 19.9 Å². The van der Waals surface area contributed by atoms with Gasteiger partial charge in [0.25, 0.3) is 0 Å². The van der Waals surface area contributed by atoms with Gasteiger partial charge in [-0.15, -0.1) is 11.3 Å². The van der Waals surface area contributed by atoms with Gasteiger partial charge in [0.2, 0.25) is 0 Å². The summed E-state index contributed by atoms with van der Waals surface area (Å²) in [6.07, 6.45) is 0. The Balaban J connectivity index is 1.10. The molecule has 254 valence electrons. The van der Waals surface area contributed by atoms with Crippen LogP contribution in [-0.2, 0) is 0 Å². The van der Waals surface area contributed by atoms with E-state index in [-0.39, 0.29) is 0 Å². The molecule has 0 aliphatic carbocycles. The number of hydrogen-bond donors (Lipinski definition) is 0. The van der Waals surface area contributed by atoms with Crippen molar-refractivity contribution in [3.8, 4) is 45.4 Å². The monoisotopic (exact) mass is 716 g/mol. The maximum Gasteiger partial charge on any atom is 0.164 e. The molecule has 0 N–H and O–H groups in total. The molecule has 0 amide bonds. The van der Waals surface area contributed by atoms with Crippen LogP contribution in [-0.4, -0.2) is 19.9 Å². The van der Waals surface area contributed by atoms with E-state index in [0.717, 1.165) is 54.3 Å². The standard InChI is InChI=1S/C50H28N4S/c1-2-11-32(12-3-1)47-52-48(54-49(53-47)40-26-24-31-22-21-29-13-10-14-30-23-25-36(40)44(31)43(29)30)39-28-27-38(33-15-4-5-16-34(33)39)46-37-18-7-6-17-35(37)45-41-19-8-9-20-42(41)55-50(45)51-46/h1-28H. The van der Waals surface area contributed by atoms with Gasteiger partial charge < -0.3 is 0 Å². The third-order valence-corrected chi connectivity index (χ3v) is 12.2. The lowest BCUT2D eigenvalue weighted by Gasteiger charge is -2.16. The van der Waals surface area contributed by atoms with Gasteiger partial charge in [-0.2, -0.15) is 0 Å². The first-order valence-electron chi connectivity index (χ1n) is 18.5. The van der Waals surface area contributed by atoms with Crippen LogP contribution in [0, 0.1) is 0 Å². The Morgan fingerprint density at radius 3 is 1.64 bits per heavy atom. The summed E-state index contributed by atoms with van der Waals surface area (Å²) in [5.41, 5.74) is 4.94. The van der Waals surface area contributed by atoms with Crippen LogP contribution in [0.4, 0.5) is 0 Å². The van der Waals surface area contributed by atoms with Crippen LogP contribution in [0.15, 0.2) is 170 Å². The van der Waals surface area contributed by atoms with Crippen molar-refractivity contribution >= 4 is 85.5 Å². The number of hydrogen-bond acceptors (Lipinski definition) is 5. The molecule has 9 aromatic carbocycles. The zero-order chi connectivity index (χ0) is 36.0. The lowest BCUT2D eigenvalue weighted by atomic mass is 9.91. The number of nitrogens with zero attached hydrogens (tertiary/aromatic N) is 4. The molecule has 0 unspecified atom stereocenters. The minimum atomic E-state index is 0.634. The van der Waals surface area contributed by atoms with E-state index in [1.165, 1.54) is 47.8 Å². The van der Waals surface area contributed by atoms with Gasteiger partial charge >= 0.3 is 0 Å². The molecule has 4 nitrogen and oxygen atoms in total. The average Bonchev–Trinajstić information content (AvgIpc) is 3.64. The van der Waals surface area contributed by atoms with E-state index in [1.807, 2.05) is 18.2 Å². The lowest BCUT2D eigenvalue weighted by Crippen LogP contribution is -2.01. The van der Waals surface area contributed by atoms with Crippen LogP contribution in [0.5, 0.6) is 0 Å². The van der Waals surface area contributed by atoms with Crippen molar-refractivity contribution in [1.29, 1.82) is 0 Å². The van der Waals surface area contributed by atoms with Crippen LogP contribution in [0.1, 0.15) is 0 Å². The predicted molar refractivity (Wildman–Crippen MR) is 231 cm³/mol. The Morgan fingerprint density at radius 1 is 0.309 bits per heavy atom. The molecule has 0 saturated heterocycles. The van der Waals surface area contributed by atoms with E-state index >= 15 is 0 Å². The molecule has 0 spiro atoms. The summed E-state index contributed by atoms with van der Waals surface area (Å²) in [6, 6.07) is 60.2. The number of fused-ring (bicyclic) bond motifs is 6. The Labute approximate surface area is 319 Å². The van der Waals surface area contributed by atoms with Crippen molar-refractivity contribution in [3.05, 3.63) is 170 Å². The molecule has 5 heteroatoms. The highest BCUT2D eigenvalue weighted by molar-refractivity contribution is 7.25. The summed E-state index contributed by atoms with van der Waals surface area (Å²) in [5, 5.41) is 14.3. The van der Waals surface area contributed by atoms with Crippen LogP contribution in [0.3, 0.4) is 0 Å². The predicted octanol–water partition coefficient (Wildman–Crippen LogP) is 13.5. The third kappa shape index (κ3) is 4.57. The fraction of sp³-hybridized carbons (Fsp3) is 0. The first-order chi connectivity index (χ1) is 27.3.